The van der Waals surface area contributed by atoms with E-state index in [1.807, 2.05) is 12.4 Å². The second kappa shape index (κ2) is 6.10. The van der Waals surface area contributed by atoms with Crippen LogP contribution in [0.4, 0.5) is 0 Å². The SMILES string of the molecule is CCNCc1nccn1Cc1nn(CC)c2ccccc12. The number of nitrogens with one attached hydrogen (secondary N) is 1. The number of aryl methyl sites for hydroxylation is 1. The number of hydrogen-bond acceptors (Lipinski definition) is 3. The van der Waals surface area contributed by atoms with Crippen molar-refractivity contribution in [1.82, 2.24) is 24.6 Å². The van der Waals surface area contributed by atoms with Crippen LogP contribution in [0.15, 0.2) is 36.7 Å². The number of rotatable bonds is 6. The van der Waals surface area contributed by atoms with Gasteiger partial charge < -0.3 is 9.88 Å². The van der Waals surface area contributed by atoms with Gasteiger partial charge in [-0.05, 0) is 19.5 Å². The molecule has 2 heterocycles. The van der Waals surface area contributed by atoms with E-state index in [0.29, 0.717) is 0 Å². The fourth-order valence-corrected chi connectivity index (χ4v) is 2.60. The minimum absolute atomic E-state index is 0.758. The number of benzene rings is 1. The van der Waals surface area contributed by atoms with Gasteiger partial charge in [-0.25, -0.2) is 4.98 Å². The van der Waals surface area contributed by atoms with Gasteiger partial charge in [0.25, 0.3) is 0 Å². The van der Waals surface area contributed by atoms with Crippen LogP contribution in [0.3, 0.4) is 0 Å². The highest BCUT2D eigenvalue weighted by molar-refractivity contribution is 5.81. The first-order chi connectivity index (χ1) is 10.3. The topological polar surface area (TPSA) is 47.7 Å². The van der Waals surface area contributed by atoms with Gasteiger partial charge in [-0.15, -0.1) is 0 Å². The maximum Gasteiger partial charge on any atom is 0.123 e. The van der Waals surface area contributed by atoms with E-state index in [-0.39, 0.29) is 0 Å². The fourth-order valence-electron chi connectivity index (χ4n) is 2.60. The predicted molar refractivity (Wildman–Crippen MR) is 84.1 cm³/mol. The van der Waals surface area contributed by atoms with Crippen molar-refractivity contribution in [3.8, 4) is 0 Å². The zero-order valence-electron chi connectivity index (χ0n) is 12.6. The van der Waals surface area contributed by atoms with Gasteiger partial charge in [0.15, 0.2) is 0 Å². The fraction of sp³-hybridized carbons (Fsp3) is 0.375. The summed E-state index contributed by atoms with van der Waals surface area (Å²) >= 11 is 0. The molecule has 0 fully saturated rings. The molecule has 0 unspecified atom stereocenters. The molecule has 0 aliphatic heterocycles. The van der Waals surface area contributed by atoms with Crippen molar-refractivity contribution in [2.75, 3.05) is 6.54 Å². The molecule has 0 bridgehead atoms. The minimum Gasteiger partial charge on any atom is -0.328 e. The van der Waals surface area contributed by atoms with E-state index >= 15 is 0 Å². The van der Waals surface area contributed by atoms with Gasteiger partial charge in [-0.3, -0.25) is 4.68 Å². The smallest absolute Gasteiger partial charge is 0.123 e. The second-order valence-electron chi connectivity index (χ2n) is 5.03. The summed E-state index contributed by atoms with van der Waals surface area (Å²) in [6.07, 6.45) is 3.87. The molecule has 1 aromatic carbocycles. The average molecular weight is 283 g/mol. The molecule has 0 saturated heterocycles. The van der Waals surface area contributed by atoms with E-state index in [2.05, 4.69) is 57.7 Å². The standard InChI is InChI=1S/C16H21N5/c1-3-17-11-16-18-9-10-20(16)12-14-13-7-5-6-8-15(13)21(4-2)19-14/h5-10,17H,3-4,11-12H2,1-2H3. The predicted octanol–water partition coefficient (Wildman–Crippen LogP) is 2.41. The molecule has 2 aromatic heterocycles. The maximum absolute atomic E-state index is 4.75. The Morgan fingerprint density at radius 1 is 1.19 bits per heavy atom. The number of nitrogens with zero attached hydrogens (tertiary/aromatic N) is 4. The lowest BCUT2D eigenvalue weighted by Gasteiger charge is -2.06. The number of para-hydroxylation sites is 1. The number of imidazole rings is 1. The van der Waals surface area contributed by atoms with Gasteiger partial charge in [-0.1, -0.05) is 25.1 Å². The zero-order chi connectivity index (χ0) is 14.7. The Morgan fingerprint density at radius 3 is 2.86 bits per heavy atom. The van der Waals surface area contributed by atoms with E-state index in [4.69, 9.17) is 5.10 Å². The van der Waals surface area contributed by atoms with Gasteiger partial charge >= 0.3 is 0 Å². The van der Waals surface area contributed by atoms with E-state index in [9.17, 15) is 0 Å². The molecule has 0 spiro atoms. The normalized spacial score (nSPS) is 11.3. The van der Waals surface area contributed by atoms with E-state index < -0.39 is 0 Å². The monoisotopic (exact) mass is 283 g/mol. The lowest BCUT2D eigenvalue weighted by atomic mass is 10.2. The summed E-state index contributed by atoms with van der Waals surface area (Å²) in [5, 5.41) is 9.30. The molecule has 0 saturated carbocycles. The molecule has 3 rings (SSSR count). The maximum atomic E-state index is 4.75. The highest BCUT2D eigenvalue weighted by atomic mass is 15.3. The summed E-state index contributed by atoms with van der Waals surface area (Å²) in [6.45, 7) is 7.60. The molecule has 0 atom stereocenters. The van der Waals surface area contributed by atoms with Crippen LogP contribution in [0.5, 0.6) is 0 Å². The van der Waals surface area contributed by atoms with Crippen LogP contribution in [-0.4, -0.2) is 25.9 Å². The third-order valence-electron chi connectivity index (χ3n) is 3.69. The van der Waals surface area contributed by atoms with Crippen LogP contribution < -0.4 is 5.32 Å². The summed E-state index contributed by atoms with van der Waals surface area (Å²) in [7, 11) is 0. The van der Waals surface area contributed by atoms with Crippen molar-refractivity contribution in [1.29, 1.82) is 0 Å². The van der Waals surface area contributed by atoms with Gasteiger partial charge in [0.05, 0.1) is 24.3 Å². The third-order valence-corrected chi connectivity index (χ3v) is 3.69. The van der Waals surface area contributed by atoms with Gasteiger partial charge in [0, 0.05) is 24.3 Å². The Labute approximate surface area is 124 Å². The highest BCUT2D eigenvalue weighted by Gasteiger charge is 2.11. The number of hydrogen-bond donors (Lipinski definition) is 1. The number of fused-ring (bicyclic) bond motifs is 1. The van der Waals surface area contributed by atoms with Gasteiger partial charge in [0.2, 0.25) is 0 Å². The molecule has 5 heteroatoms. The molecule has 1 N–H and O–H groups in total. The Hall–Kier alpha value is -2.14. The van der Waals surface area contributed by atoms with Crippen LogP contribution in [0.25, 0.3) is 10.9 Å². The van der Waals surface area contributed by atoms with E-state index in [1.54, 1.807) is 0 Å². The van der Waals surface area contributed by atoms with Crippen molar-refractivity contribution < 1.29 is 0 Å². The number of aromatic nitrogens is 4. The van der Waals surface area contributed by atoms with Crippen LogP contribution in [0, 0.1) is 0 Å². The summed E-state index contributed by atoms with van der Waals surface area (Å²) in [6, 6.07) is 8.41. The lowest BCUT2D eigenvalue weighted by Crippen LogP contribution is -2.16. The van der Waals surface area contributed by atoms with Gasteiger partial charge in [-0.2, -0.15) is 5.10 Å². The molecular formula is C16H21N5. The molecule has 0 radical (unpaired) electrons. The Kier molecular flexibility index (Phi) is 4.01. The first-order valence-corrected chi connectivity index (χ1v) is 7.48. The molecule has 0 aliphatic rings. The average Bonchev–Trinajstić information content (AvgIpc) is 3.10. The lowest BCUT2D eigenvalue weighted by molar-refractivity contribution is 0.618. The molecule has 5 nitrogen and oxygen atoms in total. The largest absolute Gasteiger partial charge is 0.328 e. The molecule has 21 heavy (non-hydrogen) atoms. The first-order valence-electron chi connectivity index (χ1n) is 7.48. The van der Waals surface area contributed by atoms with Gasteiger partial charge in [0.1, 0.15) is 5.82 Å². The summed E-state index contributed by atoms with van der Waals surface area (Å²) in [4.78, 5) is 4.42. The van der Waals surface area contributed by atoms with Crippen molar-refractivity contribution in [3.05, 3.63) is 48.2 Å². The molecular weight excluding hydrogens is 262 g/mol. The Morgan fingerprint density at radius 2 is 2.05 bits per heavy atom. The van der Waals surface area contributed by atoms with E-state index in [1.165, 1.54) is 10.9 Å². The van der Waals surface area contributed by atoms with Crippen LogP contribution in [0.2, 0.25) is 0 Å². The zero-order valence-corrected chi connectivity index (χ0v) is 12.6. The Balaban J connectivity index is 1.93. The molecule has 0 aliphatic carbocycles. The third kappa shape index (κ3) is 2.69. The van der Waals surface area contributed by atoms with E-state index in [0.717, 1.165) is 37.7 Å². The molecule has 3 aromatic rings. The van der Waals surface area contributed by atoms with Crippen molar-refractivity contribution in [2.45, 2.75) is 33.5 Å². The summed E-state index contributed by atoms with van der Waals surface area (Å²) < 4.78 is 4.23. The van der Waals surface area contributed by atoms with Crippen molar-refractivity contribution >= 4 is 10.9 Å². The minimum atomic E-state index is 0.758. The van der Waals surface area contributed by atoms with Crippen LogP contribution in [-0.2, 0) is 19.6 Å². The molecule has 110 valence electrons. The molecule has 0 amide bonds. The Bertz CT molecular complexity index is 725. The summed E-state index contributed by atoms with van der Waals surface area (Å²) in [5.74, 6) is 1.05. The van der Waals surface area contributed by atoms with Crippen molar-refractivity contribution in [2.24, 2.45) is 0 Å². The first kappa shape index (κ1) is 13.8. The quantitative estimate of drug-likeness (QED) is 0.755. The van der Waals surface area contributed by atoms with Crippen LogP contribution >= 0.6 is 0 Å². The highest BCUT2D eigenvalue weighted by Crippen LogP contribution is 2.19. The van der Waals surface area contributed by atoms with Crippen LogP contribution in [0.1, 0.15) is 25.4 Å². The van der Waals surface area contributed by atoms with Crippen molar-refractivity contribution in [3.63, 3.8) is 0 Å². The summed E-state index contributed by atoms with van der Waals surface area (Å²) in [5.41, 5.74) is 2.30. The second-order valence-corrected chi connectivity index (χ2v) is 5.03.